The average molecular weight is 314 g/mol. The third-order valence-electron chi connectivity index (χ3n) is 2.59. The summed E-state index contributed by atoms with van der Waals surface area (Å²) >= 11 is 3.27. The van der Waals surface area contributed by atoms with E-state index in [9.17, 15) is 9.18 Å². The van der Waals surface area contributed by atoms with Gasteiger partial charge >= 0.3 is 5.97 Å². The molecule has 0 radical (unpaired) electrons. The van der Waals surface area contributed by atoms with E-state index in [0.29, 0.717) is 4.47 Å². The first-order valence-corrected chi connectivity index (χ1v) is 6.09. The Labute approximate surface area is 114 Å². The van der Waals surface area contributed by atoms with Crippen LogP contribution in [0, 0.1) is 18.2 Å². The highest BCUT2D eigenvalue weighted by Gasteiger charge is 2.19. The van der Waals surface area contributed by atoms with Crippen molar-refractivity contribution in [3.05, 3.63) is 34.1 Å². The van der Waals surface area contributed by atoms with Crippen LogP contribution in [0.3, 0.4) is 0 Å². The third kappa shape index (κ3) is 3.83. The summed E-state index contributed by atoms with van der Waals surface area (Å²) in [5, 5.41) is 8.84. The first kappa shape index (κ1) is 14.7. The van der Waals surface area contributed by atoms with E-state index in [-0.39, 0.29) is 24.9 Å². The second kappa shape index (κ2) is 6.53. The molecule has 1 rings (SSSR count). The van der Waals surface area contributed by atoms with Gasteiger partial charge in [0.05, 0.1) is 13.1 Å². The van der Waals surface area contributed by atoms with Gasteiger partial charge in [-0.25, -0.2) is 4.39 Å². The van der Waals surface area contributed by atoms with E-state index in [1.54, 1.807) is 11.0 Å². The lowest BCUT2D eigenvalue weighted by molar-refractivity contribution is -0.138. The Kier molecular flexibility index (Phi) is 5.32. The first-order chi connectivity index (χ1) is 8.45. The molecule has 1 unspecified atom stereocenters. The SMILES string of the molecule is C#CCN(CC(=O)O)C(C)c1ccc(F)cc1Br. The van der Waals surface area contributed by atoms with Gasteiger partial charge in [-0.15, -0.1) is 6.42 Å². The van der Waals surface area contributed by atoms with Gasteiger partial charge < -0.3 is 5.11 Å². The molecule has 18 heavy (non-hydrogen) atoms. The van der Waals surface area contributed by atoms with Crippen LogP contribution < -0.4 is 0 Å². The molecule has 0 spiro atoms. The van der Waals surface area contributed by atoms with E-state index in [2.05, 4.69) is 21.9 Å². The fraction of sp³-hybridized carbons (Fsp3) is 0.308. The molecular weight excluding hydrogens is 301 g/mol. The molecule has 0 saturated heterocycles. The number of carboxylic acid groups (broad SMARTS) is 1. The fourth-order valence-electron chi connectivity index (χ4n) is 1.66. The molecule has 3 nitrogen and oxygen atoms in total. The minimum absolute atomic E-state index is 0.158. The van der Waals surface area contributed by atoms with Crippen molar-refractivity contribution in [2.75, 3.05) is 13.1 Å². The molecule has 0 aliphatic carbocycles. The molecule has 0 amide bonds. The van der Waals surface area contributed by atoms with E-state index in [4.69, 9.17) is 11.5 Å². The molecule has 0 fully saturated rings. The summed E-state index contributed by atoms with van der Waals surface area (Å²) in [6.07, 6.45) is 5.23. The highest BCUT2D eigenvalue weighted by atomic mass is 79.9. The zero-order chi connectivity index (χ0) is 13.7. The van der Waals surface area contributed by atoms with Crippen LogP contribution in [-0.4, -0.2) is 29.1 Å². The van der Waals surface area contributed by atoms with E-state index < -0.39 is 5.97 Å². The summed E-state index contributed by atoms with van der Waals surface area (Å²) < 4.78 is 13.6. The summed E-state index contributed by atoms with van der Waals surface area (Å²) in [5.74, 6) is 1.13. The molecule has 0 heterocycles. The monoisotopic (exact) mass is 313 g/mol. The van der Waals surface area contributed by atoms with Gasteiger partial charge in [0.15, 0.2) is 0 Å². The Hall–Kier alpha value is -1.38. The normalized spacial score (nSPS) is 12.2. The molecule has 1 aromatic rings. The highest BCUT2D eigenvalue weighted by Crippen LogP contribution is 2.28. The standard InChI is InChI=1S/C13H13BrFNO2/c1-3-6-16(8-13(17)18)9(2)11-5-4-10(15)7-12(11)14/h1,4-5,7,9H,6,8H2,2H3,(H,17,18). The molecule has 1 aromatic carbocycles. The fourth-order valence-corrected chi connectivity index (χ4v) is 2.34. The number of hydrogen-bond acceptors (Lipinski definition) is 2. The zero-order valence-electron chi connectivity index (χ0n) is 9.86. The summed E-state index contributed by atoms with van der Waals surface area (Å²) in [6.45, 7) is 1.89. The van der Waals surface area contributed by atoms with E-state index in [1.807, 2.05) is 6.92 Å². The van der Waals surface area contributed by atoms with Crippen LogP contribution in [0.2, 0.25) is 0 Å². The van der Waals surface area contributed by atoms with Crippen LogP contribution in [-0.2, 0) is 4.79 Å². The maximum Gasteiger partial charge on any atom is 0.317 e. The molecular formula is C13H13BrFNO2. The van der Waals surface area contributed by atoms with Crippen molar-refractivity contribution in [1.29, 1.82) is 0 Å². The molecule has 0 bridgehead atoms. The average Bonchev–Trinajstić information content (AvgIpc) is 2.27. The van der Waals surface area contributed by atoms with E-state index in [0.717, 1.165) is 5.56 Å². The van der Waals surface area contributed by atoms with Crippen LogP contribution in [0.1, 0.15) is 18.5 Å². The second-order valence-electron chi connectivity index (χ2n) is 3.84. The highest BCUT2D eigenvalue weighted by molar-refractivity contribution is 9.10. The van der Waals surface area contributed by atoms with Gasteiger partial charge in [0, 0.05) is 10.5 Å². The van der Waals surface area contributed by atoms with Gasteiger partial charge in [-0.1, -0.05) is 27.9 Å². The summed E-state index contributed by atoms with van der Waals surface area (Å²) in [6, 6.07) is 4.09. The number of halogens is 2. The second-order valence-corrected chi connectivity index (χ2v) is 4.70. The third-order valence-corrected chi connectivity index (χ3v) is 3.28. The predicted octanol–water partition coefficient (Wildman–Crippen LogP) is 2.67. The smallest absolute Gasteiger partial charge is 0.317 e. The van der Waals surface area contributed by atoms with Crippen molar-refractivity contribution in [3.63, 3.8) is 0 Å². The predicted molar refractivity (Wildman–Crippen MR) is 70.6 cm³/mol. The number of terminal acetylenes is 1. The van der Waals surface area contributed by atoms with Gasteiger partial charge in [0.25, 0.3) is 0 Å². The van der Waals surface area contributed by atoms with Gasteiger partial charge in [-0.2, -0.15) is 0 Å². The summed E-state index contributed by atoms with van der Waals surface area (Å²) in [5.41, 5.74) is 0.799. The van der Waals surface area contributed by atoms with Crippen LogP contribution in [0.15, 0.2) is 22.7 Å². The van der Waals surface area contributed by atoms with Crippen molar-refractivity contribution in [3.8, 4) is 12.3 Å². The Morgan fingerprint density at radius 1 is 1.67 bits per heavy atom. The molecule has 1 N–H and O–H groups in total. The van der Waals surface area contributed by atoms with Gasteiger partial charge in [-0.05, 0) is 24.6 Å². The van der Waals surface area contributed by atoms with Gasteiger partial charge in [0.2, 0.25) is 0 Å². The Morgan fingerprint density at radius 3 is 2.83 bits per heavy atom. The van der Waals surface area contributed by atoms with Crippen molar-refractivity contribution < 1.29 is 14.3 Å². The van der Waals surface area contributed by atoms with Crippen molar-refractivity contribution in [2.45, 2.75) is 13.0 Å². The number of rotatable bonds is 5. The quantitative estimate of drug-likeness (QED) is 0.850. The molecule has 96 valence electrons. The van der Waals surface area contributed by atoms with Gasteiger partial charge in [0.1, 0.15) is 5.82 Å². The number of hydrogen-bond donors (Lipinski definition) is 1. The van der Waals surface area contributed by atoms with Crippen LogP contribution in [0.4, 0.5) is 4.39 Å². The van der Waals surface area contributed by atoms with Crippen molar-refractivity contribution >= 4 is 21.9 Å². The largest absolute Gasteiger partial charge is 0.480 e. The number of aliphatic carboxylic acids is 1. The summed E-state index contributed by atoms with van der Waals surface area (Å²) in [4.78, 5) is 12.4. The lowest BCUT2D eigenvalue weighted by Gasteiger charge is -2.26. The van der Waals surface area contributed by atoms with Crippen molar-refractivity contribution in [1.82, 2.24) is 4.90 Å². The van der Waals surface area contributed by atoms with Crippen LogP contribution >= 0.6 is 15.9 Å². The number of benzene rings is 1. The molecule has 0 saturated carbocycles. The Bertz CT molecular complexity index is 484. The topological polar surface area (TPSA) is 40.5 Å². The number of carbonyl (C=O) groups is 1. The minimum Gasteiger partial charge on any atom is -0.480 e. The maximum atomic E-state index is 13.0. The maximum absolute atomic E-state index is 13.0. The number of nitrogens with zero attached hydrogens (tertiary/aromatic N) is 1. The minimum atomic E-state index is -0.949. The summed E-state index contributed by atoms with van der Waals surface area (Å²) in [7, 11) is 0. The molecule has 1 atom stereocenters. The zero-order valence-corrected chi connectivity index (χ0v) is 11.4. The Morgan fingerprint density at radius 2 is 2.33 bits per heavy atom. The first-order valence-electron chi connectivity index (χ1n) is 5.30. The van der Waals surface area contributed by atoms with Gasteiger partial charge in [-0.3, -0.25) is 9.69 Å². The van der Waals surface area contributed by atoms with Crippen LogP contribution in [0.5, 0.6) is 0 Å². The lowest BCUT2D eigenvalue weighted by atomic mass is 10.1. The van der Waals surface area contributed by atoms with Crippen molar-refractivity contribution in [2.24, 2.45) is 0 Å². The van der Waals surface area contributed by atoms with Crippen LogP contribution in [0.25, 0.3) is 0 Å². The lowest BCUT2D eigenvalue weighted by Crippen LogP contribution is -2.32. The Balaban J connectivity index is 2.98. The molecule has 5 heteroatoms. The number of carboxylic acids is 1. The molecule has 0 aliphatic rings. The van der Waals surface area contributed by atoms with E-state index in [1.165, 1.54) is 12.1 Å². The molecule has 0 aliphatic heterocycles. The van der Waals surface area contributed by atoms with E-state index >= 15 is 0 Å². The molecule has 0 aromatic heterocycles.